The molecule has 0 saturated carbocycles. The van der Waals surface area contributed by atoms with Gasteiger partial charge in [-0.3, -0.25) is 4.79 Å². The number of aryl methyl sites for hydroxylation is 1. The molecule has 2 aromatic rings. The van der Waals surface area contributed by atoms with Crippen LogP contribution in [0.2, 0.25) is 0 Å². The third-order valence-corrected chi connectivity index (χ3v) is 4.47. The molecule has 0 fully saturated rings. The van der Waals surface area contributed by atoms with Crippen molar-refractivity contribution in [3.63, 3.8) is 0 Å². The molecule has 0 unspecified atom stereocenters. The molecule has 1 aliphatic heterocycles. The van der Waals surface area contributed by atoms with E-state index in [0.29, 0.717) is 4.91 Å². The van der Waals surface area contributed by atoms with Crippen molar-refractivity contribution in [3.05, 3.63) is 52.0 Å². The molecule has 0 bridgehead atoms. The summed E-state index contributed by atoms with van der Waals surface area (Å²) in [6, 6.07) is 7.66. The van der Waals surface area contributed by atoms with Gasteiger partial charge < -0.3 is 5.32 Å². The number of nitrogens with one attached hydrogen (secondary N) is 1. The van der Waals surface area contributed by atoms with Crippen molar-refractivity contribution in [1.82, 2.24) is 4.98 Å². The summed E-state index contributed by atoms with van der Waals surface area (Å²) >= 11 is 3.07. The number of benzene rings is 1. The van der Waals surface area contributed by atoms with E-state index in [1.807, 2.05) is 37.4 Å². The fraction of sp³-hybridized carbons (Fsp3) is 0.0769. The van der Waals surface area contributed by atoms with Crippen molar-refractivity contribution in [3.8, 4) is 0 Å². The summed E-state index contributed by atoms with van der Waals surface area (Å²) in [6.45, 7) is 2.00. The summed E-state index contributed by atoms with van der Waals surface area (Å²) in [7, 11) is 0. The molecule has 0 spiro atoms. The molecule has 18 heavy (non-hydrogen) atoms. The number of thiazole rings is 1. The number of Topliss-reactive ketones (excluding diaryl/α,β-unsaturated/α-hetero) is 1. The van der Waals surface area contributed by atoms with Crippen molar-refractivity contribution < 1.29 is 4.79 Å². The van der Waals surface area contributed by atoms with Crippen LogP contribution in [0, 0.1) is 6.92 Å². The van der Waals surface area contributed by atoms with Crippen LogP contribution in [0.15, 0.2) is 46.5 Å². The molecule has 0 amide bonds. The van der Waals surface area contributed by atoms with E-state index in [1.165, 1.54) is 11.8 Å². The minimum Gasteiger partial charge on any atom is -0.337 e. The lowest BCUT2D eigenvalue weighted by Crippen LogP contribution is -1.96. The molecule has 1 aromatic carbocycles. The first kappa shape index (κ1) is 11.5. The number of aromatic nitrogens is 1. The molecule has 0 radical (unpaired) electrons. The first-order valence-corrected chi connectivity index (χ1v) is 7.08. The number of hydrogen-bond acceptors (Lipinski definition) is 5. The fourth-order valence-electron chi connectivity index (χ4n) is 1.68. The molecule has 3 rings (SSSR count). The number of allylic oxidation sites excluding steroid dienone is 1. The molecule has 1 aliphatic rings. The van der Waals surface area contributed by atoms with E-state index >= 15 is 0 Å². The Morgan fingerprint density at radius 2 is 2.17 bits per heavy atom. The van der Waals surface area contributed by atoms with Gasteiger partial charge in [0.2, 0.25) is 5.78 Å². The van der Waals surface area contributed by atoms with Gasteiger partial charge in [-0.05, 0) is 19.1 Å². The van der Waals surface area contributed by atoms with E-state index < -0.39 is 0 Å². The zero-order valence-corrected chi connectivity index (χ0v) is 11.3. The Balaban J connectivity index is 1.82. The highest BCUT2D eigenvalue weighted by molar-refractivity contribution is 8.04. The zero-order valence-electron chi connectivity index (χ0n) is 9.64. The van der Waals surface area contributed by atoms with Crippen LogP contribution in [-0.2, 0) is 0 Å². The van der Waals surface area contributed by atoms with Gasteiger partial charge in [-0.15, -0.1) is 11.3 Å². The topological polar surface area (TPSA) is 42.0 Å². The Hall–Kier alpha value is -1.59. The van der Waals surface area contributed by atoms with Crippen LogP contribution in [0.3, 0.4) is 0 Å². The van der Waals surface area contributed by atoms with Crippen molar-refractivity contribution in [2.24, 2.45) is 0 Å². The van der Waals surface area contributed by atoms with Gasteiger partial charge in [-0.1, -0.05) is 23.9 Å². The summed E-state index contributed by atoms with van der Waals surface area (Å²) in [4.78, 5) is 19.1. The molecule has 1 aromatic heterocycles. The Morgan fingerprint density at radius 1 is 1.33 bits per heavy atom. The minimum atomic E-state index is 0.0800. The highest BCUT2D eigenvalue weighted by Gasteiger charge is 2.25. The van der Waals surface area contributed by atoms with Crippen molar-refractivity contribution in [1.29, 1.82) is 0 Å². The first-order chi connectivity index (χ1) is 8.74. The normalized spacial score (nSPS) is 16.1. The third kappa shape index (κ3) is 2.07. The number of carbonyl (C=O) groups excluding carboxylic acids is 1. The molecule has 5 heteroatoms. The van der Waals surface area contributed by atoms with Crippen LogP contribution in [0.1, 0.15) is 15.2 Å². The van der Waals surface area contributed by atoms with Gasteiger partial charge in [0.05, 0.1) is 4.91 Å². The van der Waals surface area contributed by atoms with Crippen LogP contribution in [-0.4, -0.2) is 10.8 Å². The van der Waals surface area contributed by atoms with Gasteiger partial charge in [0.15, 0.2) is 5.13 Å². The highest BCUT2D eigenvalue weighted by atomic mass is 32.2. The largest absolute Gasteiger partial charge is 0.337 e. The SMILES string of the molecule is Cc1cnc(NC=C2Sc3ccccc3C2=O)s1. The number of rotatable bonds is 2. The Labute approximate surface area is 113 Å². The summed E-state index contributed by atoms with van der Waals surface area (Å²) in [5, 5.41) is 3.89. The summed E-state index contributed by atoms with van der Waals surface area (Å²) < 4.78 is 0. The summed E-state index contributed by atoms with van der Waals surface area (Å²) in [6.07, 6.45) is 3.55. The lowest BCUT2D eigenvalue weighted by Gasteiger charge is -1.95. The van der Waals surface area contributed by atoms with Gasteiger partial charge in [0.1, 0.15) is 0 Å². The number of carbonyl (C=O) groups is 1. The second kappa shape index (κ2) is 4.59. The van der Waals surface area contributed by atoms with E-state index in [2.05, 4.69) is 10.3 Å². The number of thioether (sulfide) groups is 1. The lowest BCUT2D eigenvalue weighted by atomic mass is 10.1. The van der Waals surface area contributed by atoms with Crippen LogP contribution < -0.4 is 5.32 Å². The maximum absolute atomic E-state index is 12.1. The van der Waals surface area contributed by atoms with Crippen molar-refractivity contribution >= 4 is 34.0 Å². The van der Waals surface area contributed by atoms with E-state index in [9.17, 15) is 4.79 Å². The average molecular weight is 274 g/mol. The van der Waals surface area contributed by atoms with Crippen molar-refractivity contribution in [2.75, 3.05) is 5.32 Å². The number of nitrogens with zero attached hydrogens (tertiary/aromatic N) is 1. The smallest absolute Gasteiger partial charge is 0.202 e. The molecule has 0 aliphatic carbocycles. The number of hydrogen-bond donors (Lipinski definition) is 1. The zero-order chi connectivity index (χ0) is 12.5. The number of fused-ring (bicyclic) bond motifs is 1. The van der Waals surface area contributed by atoms with Crippen LogP contribution >= 0.6 is 23.1 Å². The summed E-state index contributed by atoms with van der Waals surface area (Å²) in [5.41, 5.74) is 0.783. The summed E-state index contributed by atoms with van der Waals surface area (Å²) in [5.74, 6) is 0.0800. The second-order valence-electron chi connectivity index (χ2n) is 3.86. The van der Waals surface area contributed by atoms with Gasteiger partial charge in [0.25, 0.3) is 0 Å². The van der Waals surface area contributed by atoms with Gasteiger partial charge in [-0.2, -0.15) is 0 Å². The van der Waals surface area contributed by atoms with Crippen LogP contribution in [0.5, 0.6) is 0 Å². The first-order valence-electron chi connectivity index (χ1n) is 5.45. The van der Waals surface area contributed by atoms with Gasteiger partial charge in [0, 0.05) is 27.7 Å². The van der Waals surface area contributed by atoms with E-state index in [-0.39, 0.29) is 5.78 Å². The highest BCUT2D eigenvalue weighted by Crippen LogP contribution is 2.39. The molecule has 2 heterocycles. The maximum atomic E-state index is 12.1. The van der Waals surface area contributed by atoms with Crippen LogP contribution in [0.25, 0.3) is 0 Å². The number of ketones is 1. The van der Waals surface area contributed by atoms with E-state index in [4.69, 9.17) is 0 Å². The average Bonchev–Trinajstić information content (AvgIpc) is 2.92. The molecule has 3 nitrogen and oxygen atoms in total. The molecular weight excluding hydrogens is 264 g/mol. The Morgan fingerprint density at radius 3 is 2.89 bits per heavy atom. The third-order valence-electron chi connectivity index (χ3n) is 2.52. The van der Waals surface area contributed by atoms with Crippen molar-refractivity contribution in [2.45, 2.75) is 11.8 Å². The minimum absolute atomic E-state index is 0.0800. The molecule has 1 N–H and O–H groups in total. The lowest BCUT2D eigenvalue weighted by molar-refractivity contribution is 0.104. The molecule has 0 saturated heterocycles. The second-order valence-corrected chi connectivity index (χ2v) is 6.17. The van der Waals surface area contributed by atoms with Gasteiger partial charge >= 0.3 is 0 Å². The predicted octanol–water partition coefficient (Wildman–Crippen LogP) is 3.69. The standard InChI is InChI=1S/C13H10N2OS2/c1-8-6-14-13(17-8)15-7-11-12(16)9-4-2-3-5-10(9)18-11/h2-7H,1H3,(H,14,15). The van der Waals surface area contributed by atoms with Gasteiger partial charge in [-0.25, -0.2) is 4.98 Å². The van der Waals surface area contributed by atoms with E-state index in [1.54, 1.807) is 17.5 Å². The fourth-order valence-corrected chi connectivity index (χ4v) is 3.29. The quantitative estimate of drug-likeness (QED) is 0.848. The molecular formula is C13H10N2OS2. The molecule has 90 valence electrons. The Bertz CT molecular complexity index is 646. The molecule has 0 atom stereocenters. The van der Waals surface area contributed by atoms with Crippen LogP contribution in [0.4, 0.5) is 5.13 Å². The number of anilines is 1. The van der Waals surface area contributed by atoms with E-state index in [0.717, 1.165) is 20.5 Å². The Kier molecular flexibility index (Phi) is 2.93. The predicted molar refractivity (Wildman–Crippen MR) is 75.2 cm³/mol. The maximum Gasteiger partial charge on any atom is 0.202 e. The monoisotopic (exact) mass is 274 g/mol.